The van der Waals surface area contributed by atoms with Gasteiger partial charge < -0.3 is 42.5 Å². The van der Waals surface area contributed by atoms with Crippen LogP contribution in [-0.4, -0.2) is 92.5 Å². The van der Waals surface area contributed by atoms with E-state index in [2.05, 4.69) is 52.0 Å². The zero-order valence-corrected chi connectivity index (χ0v) is 39.9. The molecular weight excluding hydrogens is 797 g/mol. The number of furan rings is 1. The highest BCUT2D eigenvalue weighted by atomic mass is 31.2. The number of aliphatic hydroxyl groups excluding tert-OH is 2. The third-order valence-corrected chi connectivity index (χ3v) is 11.5. The topological polar surface area (TPSA) is 165 Å². The highest BCUT2D eigenvalue weighted by molar-refractivity contribution is 7.45. The van der Waals surface area contributed by atoms with Gasteiger partial charge in [0.25, 0.3) is 7.82 Å². The highest BCUT2D eigenvalue weighted by Crippen LogP contribution is 2.38. The summed E-state index contributed by atoms with van der Waals surface area (Å²) in [6, 6.07) is 0. The van der Waals surface area contributed by atoms with Crippen LogP contribution in [0.5, 0.6) is 0 Å². The van der Waals surface area contributed by atoms with E-state index >= 15 is 0 Å². The number of phosphoric acid groups is 1. The number of rotatable bonds is 38. The Morgan fingerprint density at radius 3 is 1.93 bits per heavy atom. The molecule has 0 aromatic carbocycles. The molecule has 0 amide bonds. The van der Waals surface area contributed by atoms with Crippen LogP contribution in [0.25, 0.3) is 0 Å². The van der Waals surface area contributed by atoms with Crippen molar-refractivity contribution >= 4 is 19.8 Å². The number of ether oxygens (including phenoxy) is 2. The van der Waals surface area contributed by atoms with Gasteiger partial charge in [0.2, 0.25) is 0 Å². The molecule has 1 aromatic rings. The first-order chi connectivity index (χ1) is 29.1. The van der Waals surface area contributed by atoms with Crippen molar-refractivity contribution in [1.82, 2.24) is 0 Å². The fourth-order valence-corrected chi connectivity index (χ4v) is 7.24. The van der Waals surface area contributed by atoms with Gasteiger partial charge in [0.15, 0.2) is 6.10 Å². The number of carbonyl (C=O) groups excluding carboxylic acids is 2. The average molecular weight is 882 g/mol. The summed E-state index contributed by atoms with van der Waals surface area (Å²) in [6.45, 7) is 8.05. The molecule has 4 atom stereocenters. The van der Waals surface area contributed by atoms with Crippen LogP contribution >= 0.6 is 7.82 Å². The molecule has 3 unspecified atom stereocenters. The van der Waals surface area contributed by atoms with Crippen LogP contribution in [0, 0.1) is 13.8 Å². The number of nitrogens with zero attached hydrogens (tertiary/aromatic N) is 1. The number of allylic oxidation sites excluding steroid dienone is 5. The number of hydrogen-bond donors (Lipinski definition) is 2. The first kappa shape index (κ1) is 56.4. The molecule has 1 rings (SSSR count). The lowest BCUT2D eigenvalue weighted by Gasteiger charge is -2.28. The molecular formula is C48H84NO11P. The van der Waals surface area contributed by atoms with Crippen molar-refractivity contribution < 1.29 is 56.7 Å². The summed E-state index contributed by atoms with van der Waals surface area (Å²) in [5, 5.41) is 20.8. The number of aryl methyl sites for hydroxylation is 2. The standard InChI is InChI=1S/C48H84NO11P/c1-8-10-11-12-13-14-15-16-17-20-23-26-31-43(50)44(51)32-29-35-48(53)59-42(39-58-61(54,55)57-37-36-49(5,6)7)38-56-47(52)34-28-25-22-19-18-21-24-27-33-46-41(4)40(3)45(60-46)30-9-2/h13-14,16-17,23,26,42-44,50-51H,8-12,15,18-22,24-25,27-39H2,1-7H3/b14-13-,17-16-,26-23-/t42-,43?,44?/m1/s1. The Morgan fingerprint density at radius 2 is 1.30 bits per heavy atom. The highest BCUT2D eigenvalue weighted by Gasteiger charge is 2.23. The van der Waals surface area contributed by atoms with Crippen LogP contribution < -0.4 is 4.89 Å². The van der Waals surface area contributed by atoms with Crippen molar-refractivity contribution in [3.8, 4) is 0 Å². The second-order valence-electron chi connectivity index (χ2n) is 17.3. The SMILES string of the molecule is CCCCC/C=C\C/C=C\C/C=C\CC(O)C(O)CCCC(=O)O[C@H](COC(=O)CCCCCCCCCCc1oc(CCC)c(C)c1C)COP(=O)([O-])OCC[N+](C)(C)C. The van der Waals surface area contributed by atoms with E-state index in [1.165, 1.54) is 30.4 Å². The first-order valence-electron chi connectivity index (χ1n) is 23.2. The molecule has 61 heavy (non-hydrogen) atoms. The zero-order valence-electron chi connectivity index (χ0n) is 39.0. The van der Waals surface area contributed by atoms with Crippen molar-refractivity contribution in [1.29, 1.82) is 0 Å². The number of likely N-dealkylation sites (N-methyl/N-ethyl adjacent to an activating group) is 1. The molecule has 0 aliphatic carbocycles. The Labute approximate surface area is 369 Å². The van der Waals surface area contributed by atoms with Gasteiger partial charge in [0, 0.05) is 25.7 Å². The number of esters is 2. The summed E-state index contributed by atoms with van der Waals surface area (Å²) in [7, 11) is 0.965. The molecule has 13 heteroatoms. The smallest absolute Gasteiger partial charge is 0.306 e. The fraction of sp³-hybridized carbons (Fsp3) is 0.750. The van der Waals surface area contributed by atoms with Crippen LogP contribution in [0.4, 0.5) is 0 Å². The zero-order chi connectivity index (χ0) is 45.4. The summed E-state index contributed by atoms with van der Waals surface area (Å²) in [6.07, 6.45) is 27.6. The Morgan fingerprint density at radius 1 is 0.705 bits per heavy atom. The minimum atomic E-state index is -4.72. The predicted molar refractivity (Wildman–Crippen MR) is 242 cm³/mol. The lowest BCUT2D eigenvalue weighted by molar-refractivity contribution is -0.870. The van der Waals surface area contributed by atoms with Gasteiger partial charge in [-0.25, -0.2) is 0 Å². The van der Waals surface area contributed by atoms with Gasteiger partial charge in [0.05, 0.1) is 40.0 Å². The number of aliphatic hydroxyl groups is 2. The summed E-state index contributed by atoms with van der Waals surface area (Å²) in [4.78, 5) is 37.8. The lowest BCUT2D eigenvalue weighted by atomic mass is 10.0. The molecule has 1 heterocycles. The van der Waals surface area contributed by atoms with E-state index in [0.717, 1.165) is 95.0 Å². The quantitative estimate of drug-likeness (QED) is 0.0214. The van der Waals surface area contributed by atoms with Crippen molar-refractivity contribution in [2.45, 2.75) is 187 Å². The van der Waals surface area contributed by atoms with E-state index in [9.17, 15) is 29.3 Å². The molecule has 1 aromatic heterocycles. The minimum absolute atomic E-state index is 0.0903. The molecule has 2 N–H and O–H groups in total. The molecule has 0 radical (unpaired) electrons. The van der Waals surface area contributed by atoms with E-state index in [-0.39, 0.29) is 45.3 Å². The van der Waals surface area contributed by atoms with E-state index in [0.29, 0.717) is 17.4 Å². The fourth-order valence-electron chi connectivity index (χ4n) is 6.51. The Balaban J connectivity index is 2.43. The number of quaternary nitrogens is 1. The van der Waals surface area contributed by atoms with E-state index < -0.39 is 44.7 Å². The summed E-state index contributed by atoms with van der Waals surface area (Å²) in [5.74, 6) is 1.12. The third-order valence-electron chi connectivity index (χ3n) is 10.5. The normalized spacial score (nSPS) is 14.9. The van der Waals surface area contributed by atoms with Crippen LogP contribution in [0.1, 0.15) is 165 Å². The van der Waals surface area contributed by atoms with Gasteiger partial charge >= 0.3 is 11.9 Å². The van der Waals surface area contributed by atoms with Crippen molar-refractivity contribution in [3.05, 3.63) is 59.1 Å². The number of hydrogen-bond acceptors (Lipinski definition) is 11. The molecule has 12 nitrogen and oxygen atoms in total. The minimum Gasteiger partial charge on any atom is -0.756 e. The molecule has 0 aliphatic heterocycles. The maximum atomic E-state index is 12.8. The maximum Gasteiger partial charge on any atom is 0.306 e. The molecule has 0 spiro atoms. The largest absolute Gasteiger partial charge is 0.756 e. The second kappa shape index (κ2) is 33.9. The summed E-state index contributed by atoms with van der Waals surface area (Å²) in [5.41, 5.74) is 2.60. The average Bonchev–Trinajstić information content (AvgIpc) is 3.46. The van der Waals surface area contributed by atoms with Crippen molar-refractivity contribution in [3.63, 3.8) is 0 Å². The Hall–Kier alpha value is -2.57. The Kier molecular flexibility index (Phi) is 31.4. The summed E-state index contributed by atoms with van der Waals surface area (Å²) < 4.78 is 39.9. The first-order valence-corrected chi connectivity index (χ1v) is 24.7. The maximum absolute atomic E-state index is 12.8. The van der Waals surface area contributed by atoms with Gasteiger partial charge in [-0.15, -0.1) is 0 Å². The second-order valence-corrected chi connectivity index (χ2v) is 18.7. The molecule has 0 saturated heterocycles. The molecule has 0 fully saturated rings. The molecule has 352 valence electrons. The van der Waals surface area contributed by atoms with Gasteiger partial charge in [-0.1, -0.05) is 102 Å². The molecule has 0 saturated carbocycles. The third kappa shape index (κ3) is 30.2. The Bertz CT molecular complexity index is 1450. The van der Waals surface area contributed by atoms with Crippen molar-refractivity contribution in [2.24, 2.45) is 0 Å². The van der Waals surface area contributed by atoms with Crippen LogP contribution in [0.2, 0.25) is 0 Å². The van der Waals surface area contributed by atoms with Gasteiger partial charge in [0.1, 0.15) is 31.3 Å². The van der Waals surface area contributed by atoms with Crippen LogP contribution in [0.3, 0.4) is 0 Å². The molecule has 0 bridgehead atoms. The van der Waals surface area contributed by atoms with E-state index in [1.54, 1.807) is 0 Å². The van der Waals surface area contributed by atoms with Gasteiger partial charge in [-0.2, -0.15) is 0 Å². The van der Waals surface area contributed by atoms with E-state index in [1.807, 2.05) is 33.3 Å². The predicted octanol–water partition coefficient (Wildman–Crippen LogP) is 9.88. The number of phosphoric ester groups is 1. The summed E-state index contributed by atoms with van der Waals surface area (Å²) >= 11 is 0. The monoisotopic (exact) mass is 882 g/mol. The van der Waals surface area contributed by atoms with Gasteiger partial charge in [-0.05, 0) is 89.2 Å². The molecule has 0 aliphatic rings. The van der Waals surface area contributed by atoms with Crippen LogP contribution in [0.15, 0.2) is 40.9 Å². The van der Waals surface area contributed by atoms with Crippen molar-refractivity contribution in [2.75, 3.05) is 47.5 Å². The lowest BCUT2D eigenvalue weighted by Crippen LogP contribution is -2.37. The number of unbranched alkanes of at least 4 members (excludes halogenated alkanes) is 10. The van der Waals surface area contributed by atoms with Gasteiger partial charge in [-0.3, -0.25) is 14.2 Å². The van der Waals surface area contributed by atoms with E-state index in [4.69, 9.17) is 22.9 Å². The van der Waals surface area contributed by atoms with Crippen LogP contribution in [-0.2, 0) is 45.5 Å². The number of carbonyl (C=O) groups is 2.